The minimum absolute atomic E-state index is 0.0793. The van der Waals surface area contributed by atoms with Gasteiger partial charge in [0.2, 0.25) is 0 Å². The molecule has 0 saturated heterocycles. The van der Waals surface area contributed by atoms with Crippen LogP contribution in [0.1, 0.15) is 6.92 Å². The highest BCUT2D eigenvalue weighted by atomic mass is 79.9. The zero-order valence-corrected chi connectivity index (χ0v) is 10.8. The van der Waals surface area contributed by atoms with E-state index in [-0.39, 0.29) is 4.21 Å². The van der Waals surface area contributed by atoms with E-state index in [4.69, 9.17) is 5.11 Å². The van der Waals surface area contributed by atoms with E-state index in [1.807, 2.05) is 0 Å². The van der Waals surface area contributed by atoms with Crippen LogP contribution in [0.5, 0.6) is 0 Å². The maximum Gasteiger partial charge on any atom is 0.321 e. The second-order valence-corrected chi connectivity index (χ2v) is 6.42. The van der Waals surface area contributed by atoms with E-state index in [9.17, 15) is 13.2 Å². The molecular formula is C7H8BrNO4S2. The molecule has 2 N–H and O–H groups in total. The van der Waals surface area contributed by atoms with Crippen LogP contribution in [0.4, 0.5) is 0 Å². The summed E-state index contributed by atoms with van der Waals surface area (Å²) in [4.78, 5) is 10.5. The van der Waals surface area contributed by atoms with E-state index in [1.165, 1.54) is 6.92 Å². The van der Waals surface area contributed by atoms with Crippen molar-refractivity contribution in [2.45, 2.75) is 17.2 Å². The molecule has 84 valence electrons. The first kappa shape index (κ1) is 12.6. The topological polar surface area (TPSA) is 83.5 Å². The monoisotopic (exact) mass is 313 g/mol. The highest BCUT2D eigenvalue weighted by molar-refractivity contribution is 9.10. The minimum atomic E-state index is -3.75. The molecule has 0 aromatic carbocycles. The SMILES string of the molecule is C[C@@H](NS(=O)(=O)c1sccc1Br)C(=O)O. The third-order valence-electron chi connectivity index (χ3n) is 1.53. The van der Waals surface area contributed by atoms with Crippen molar-refractivity contribution in [2.24, 2.45) is 0 Å². The number of carbonyl (C=O) groups is 1. The summed E-state index contributed by atoms with van der Waals surface area (Å²) < 4.78 is 25.8. The number of halogens is 1. The summed E-state index contributed by atoms with van der Waals surface area (Å²) in [6.45, 7) is 1.27. The van der Waals surface area contributed by atoms with Gasteiger partial charge in [0, 0.05) is 4.47 Å². The number of thiophene rings is 1. The molecule has 0 spiro atoms. The number of hydrogen-bond donors (Lipinski definition) is 2. The van der Waals surface area contributed by atoms with Gasteiger partial charge in [-0.3, -0.25) is 4.79 Å². The second kappa shape index (κ2) is 4.60. The lowest BCUT2D eigenvalue weighted by atomic mass is 10.4. The lowest BCUT2D eigenvalue weighted by molar-refractivity contribution is -0.138. The van der Waals surface area contributed by atoms with E-state index in [1.54, 1.807) is 11.4 Å². The fourth-order valence-corrected chi connectivity index (χ4v) is 4.36. The Morgan fingerprint density at radius 2 is 2.27 bits per heavy atom. The molecule has 0 saturated carbocycles. The Hall–Kier alpha value is -0.440. The third-order valence-corrected chi connectivity index (χ3v) is 5.74. The average molecular weight is 314 g/mol. The normalized spacial score (nSPS) is 13.7. The van der Waals surface area contributed by atoms with Gasteiger partial charge in [-0.25, -0.2) is 8.42 Å². The molecule has 0 unspecified atom stereocenters. The van der Waals surface area contributed by atoms with Gasteiger partial charge in [-0.1, -0.05) is 0 Å². The smallest absolute Gasteiger partial charge is 0.321 e. The van der Waals surface area contributed by atoms with Gasteiger partial charge in [-0.2, -0.15) is 4.72 Å². The molecule has 1 aromatic heterocycles. The summed E-state index contributed by atoms with van der Waals surface area (Å²) in [5.74, 6) is -1.22. The number of hydrogen-bond acceptors (Lipinski definition) is 4. The van der Waals surface area contributed by atoms with Gasteiger partial charge in [-0.05, 0) is 34.3 Å². The van der Waals surface area contributed by atoms with E-state index in [0.29, 0.717) is 4.47 Å². The maximum atomic E-state index is 11.6. The number of aliphatic carboxylic acids is 1. The van der Waals surface area contributed by atoms with Crippen molar-refractivity contribution >= 4 is 43.3 Å². The van der Waals surface area contributed by atoms with Crippen molar-refractivity contribution in [1.82, 2.24) is 4.72 Å². The first-order chi connectivity index (χ1) is 6.84. The molecule has 0 fully saturated rings. The molecule has 0 bridgehead atoms. The van der Waals surface area contributed by atoms with Crippen LogP contribution in [-0.4, -0.2) is 25.5 Å². The van der Waals surface area contributed by atoms with Crippen LogP contribution in [0.2, 0.25) is 0 Å². The molecule has 1 aromatic rings. The van der Waals surface area contributed by atoms with Gasteiger partial charge in [-0.15, -0.1) is 11.3 Å². The van der Waals surface area contributed by atoms with Crippen molar-refractivity contribution < 1.29 is 18.3 Å². The average Bonchev–Trinajstić information content (AvgIpc) is 2.50. The molecule has 8 heteroatoms. The van der Waals surface area contributed by atoms with Crippen LogP contribution in [-0.2, 0) is 14.8 Å². The quantitative estimate of drug-likeness (QED) is 0.876. The molecule has 0 aliphatic heterocycles. The molecule has 1 heterocycles. The number of carboxylic acids is 1. The van der Waals surface area contributed by atoms with E-state index >= 15 is 0 Å². The molecule has 0 radical (unpaired) electrons. The summed E-state index contributed by atoms with van der Waals surface area (Å²) in [7, 11) is -3.75. The van der Waals surface area contributed by atoms with Gasteiger partial charge in [0.15, 0.2) is 0 Å². The Kier molecular flexibility index (Phi) is 3.87. The Balaban J connectivity index is 2.96. The van der Waals surface area contributed by atoms with Crippen molar-refractivity contribution in [3.8, 4) is 0 Å². The molecule has 0 aliphatic carbocycles. The number of sulfonamides is 1. The number of nitrogens with one attached hydrogen (secondary N) is 1. The van der Waals surface area contributed by atoms with Crippen molar-refractivity contribution in [3.63, 3.8) is 0 Å². The summed E-state index contributed by atoms with van der Waals surface area (Å²) in [6.07, 6.45) is 0. The number of rotatable bonds is 4. The predicted molar refractivity (Wildman–Crippen MR) is 59.4 cm³/mol. The van der Waals surface area contributed by atoms with Crippen molar-refractivity contribution in [2.75, 3.05) is 0 Å². The summed E-state index contributed by atoms with van der Waals surface area (Å²) >= 11 is 4.09. The highest BCUT2D eigenvalue weighted by Gasteiger charge is 2.24. The second-order valence-electron chi connectivity index (χ2n) is 2.74. The van der Waals surface area contributed by atoms with Crippen molar-refractivity contribution in [1.29, 1.82) is 0 Å². The van der Waals surface area contributed by atoms with Crippen LogP contribution in [0.25, 0.3) is 0 Å². The van der Waals surface area contributed by atoms with Gasteiger partial charge >= 0.3 is 5.97 Å². The summed E-state index contributed by atoms with van der Waals surface area (Å²) in [5, 5.41) is 10.2. The van der Waals surface area contributed by atoms with Gasteiger partial charge in [0.25, 0.3) is 10.0 Å². The van der Waals surface area contributed by atoms with E-state index < -0.39 is 22.0 Å². The summed E-state index contributed by atoms with van der Waals surface area (Å²) in [5.41, 5.74) is 0. The molecule has 5 nitrogen and oxygen atoms in total. The number of carboxylic acid groups (broad SMARTS) is 1. The molecule has 1 atom stereocenters. The molecule has 0 aliphatic rings. The Labute approximate surface area is 99.3 Å². The fraction of sp³-hybridized carbons (Fsp3) is 0.286. The van der Waals surface area contributed by atoms with Crippen LogP contribution in [0.15, 0.2) is 20.1 Å². The van der Waals surface area contributed by atoms with Crippen LogP contribution >= 0.6 is 27.3 Å². The molecule has 1 rings (SSSR count). The highest BCUT2D eigenvalue weighted by Crippen LogP contribution is 2.27. The predicted octanol–water partition coefficient (Wildman–Crippen LogP) is 1.26. The minimum Gasteiger partial charge on any atom is -0.480 e. The first-order valence-corrected chi connectivity index (χ1v) is 6.98. The van der Waals surface area contributed by atoms with Crippen LogP contribution in [0, 0.1) is 0 Å². The summed E-state index contributed by atoms with van der Waals surface area (Å²) in [6, 6.07) is 0.439. The van der Waals surface area contributed by atoms with E-state index in [0.717, 1.165) is 11.3 Å². The molecule has 15 heavy (non-hydrogen) atoms. The lowest BCUT2D eigenvalue weighted by Gasteiger charge is -2.08. The largest absolute Gasteiger partial charge is 0.480 e. The van der Waals surface area contributed by atoms with Gasteiger partial charge < -0.3 is 5.11 Å². The zero-order valence-electron chi connectivity index (χ0n) is 7.60. The molecular weight excluding hydrogens is 306 g/mol. The van der Waals surface area contributed by atoms with Crippen LogP contribution < -0.4 is 4.72 Å². The van der Waals surface area contributed by atoms with Gasteiger partial charge in [0.05, 0.1) is 0 Å². The van der Waals surface area contributed by atoms with Crippen LogP contribution in [0.3, 0.4) is 0 Å². The third kappa shape index (κ3) is 3.00. The Morgan fingerprint density at radius 1 is 1.67 bits per heavy atom. The Morgan fingerprint density at radius 3 is 2.67 bits per heavy atom. The molecule has 0 amide bonds. The Bertz CT molecular complexity index is 467. The zero-order chi connectivity index (χ0) is 11.6. The van der Waals surface area contributed by atoms with E-state index in [2.05, 4.69) is 20.7 Å². The fourth-order valence-electron chi connectivity index (χ4n) is 0.808. The van der Waals surface area contributed by atoms with Gasteiger partial charge in [0.1, 0.15) is 10.3 Å². The maximum absolute atomic E-state index is 11.6. The first-order valence-electron chi connectivity index (χ1n) is 3.82. The lowest BCUT2D eigenvalue weighted by Crippen LogP contribution is -2.38. The standard InChI is InChI=1S/C7H8BrNO4S2/c1-4(6(10)11)9-15(12,13)7-5(8)2-3-14-7/h2-4,9H,1H3,(H,10,11)/t4-/m1/s1. The van der Waals surface area contributed by atoms with Crippen molar-refractivity contribution in [3.05, 3.63) is 15.9 Å².